The van der Waals surface area contributed by atoms with Gasteiger partial charge in [-0.2, -0.15) is 0 Å². The van der Waals surface area contributed by atoms with Crippen LogP contribution in [0.3, 0.4) is 0 Å². The van der Waals surface area contributed by atoms with Gasteiger partial charge in [-0.15, -0.1) is 0 Å². The Kier molecular flexibility index (Phi) is 3.83. The van der Waals surface area contributed by atoms with Crippen LogP contribution in [-0.2, 0) is 4.74 Å². The van der Waals surface area contributed by atoms with E-state index in [1.165, 1.54) is 0 Å². The summed E-state index contributed by atoms with van der Waals surface area (Å²) < 4.78 is 5.67. The molecule has 0 saturated carbocycles. The summed E-state index contributed by atoms with van der Waals surface area (Å²) in [6, 6.07) is 0. The lowest BCUT2D eigenvalue weighted by atomic mass is 9.97. The zero-order chi connectivity index (χ0) is 11.4. The quantitative estimate of drug-likeness (QED) is 0.699. The molecule has 0 bridgehead atoms. The van der Waals surface area contributed by atoms with Crippen molar-refractivity contribution in [3.63, 3.8) is 0 Å². The molecule has 2 unspecified atom stereocenters. The lowest BCUT2D eigenvalue weighted by molar-refractivity contribution is 0.119. The second-order valence-electron chi connectivity index (χ2n) is 4.58. The van der Waals surface area contributed by atoms with E-state index < -0.39 is 0 Å². The predicted molar refractivity (Wildman–Crippen MR) is 65.6 cm³/mol. The topological polar surface area (TPSA) is 45.6 Å². The van der Waals surface area contributed by atoms with E-state index in [9.17, 15) is 0 Å². The lowest BCUT2D eigenvalue weighted by Crippen LogP contribution is -2.43. The minimum Gasteiger partial charge on any atom is -0.374 e. The van der Waals surface area contributed by atoms with Crippen molar-refractivity contribution >= 4 is 5.96 Å². The van der Waals surface area contributed by atoms with Crippen LogP contribution in [0, 0.1) is 5.92 Å². The predicted octanol–water partition coefficient (Wildman–Crippen LogP) is 0.906. The van der Waals surface area contributed by atoms with Crippen molar-refractivity contribution in [3.8, 4) is 0 Å². The fourth-order valence-corrected chi connectivity index (χ4v) is 2.27. The first-order valence-electron chi connectivity index (χ1n) is 6.06. The molecule has 0 amide bonds. The van der Waals surface area contributed by atoms with Crippen LogP contribution < -0.4 is 10.6 Å². The average Bonchev–Trinajstić information content (AvgIpc) is 2.76. The second kappa shape index (κ2) is 5.34. The van der Waals surface area contributed by atoms with Gasteiger partial charge in [-0.3, -0.25) is 4.99 Å². The zero-order valence-corrected chi connectivity index (χ0v) is 9.96. The van der Waals surface area contributed by atoms with Crippen molar-refractivity contribution in [3.05, 3.63) is 12.2 Å². The molecule has 0 aromatic carbocycles. The zero-order valence-electron chi connectivity index (χ0n) is 9.96. The highest BCUT2D eigenvalue weighted by atomic mass is 16.5. The maximum Gasteiger partial charge on any atom is 0.191 e. The van der Waals surface area contributed by atoms with E-state index in [1.807, 2.05) is 6.92 Å². The molecule has 0 radical (unpaired) electrons. The number of nitrogens with zero attached hydrogens (tertiary/aromatic N) is 1. The van der Waals surface area contributed by atoms with Gasteiger partial charge in [0.1, 0.15) is 0 Å². The molecular weight excluding hydrogens is 202 g/mol. The fourth-order valence-electron chi connectivity index (χ4n) is 2.27. The summed E-state index contributed by atoms with van der Waals surface area (Å²) in [5.74, 6) is 1.47. The van der Waals surface area contributed by atoms with E-state index in [1.54, 1.807) is 0 Å². The molecule has 16 heavy (non-hydrogen) atoms. The maximum atomic E-state index is 5.67. The number of nitrogens with one attached hydrogen (secondary N) is 2. The van der Waals surface area contributed by atoms with Gasteiger partial charge in [0, 0.05) is 32.2 Å². The molecule has 0 aromatic heterocycles. The van der Waals surface area contributed by atoms with Gasteiger partial charge in [0.25, 0.3) is 0 Å². The molecule has 90 valence electrons. The highest BCUT2D eigenvalue weighted by Crippen LogP contribution is 2.24. The van der Waals surface area contributed by atoms with Gasteiger partial charge in [0.15, 0.2) is 5.96 Å². The Balaban J connectivity index is 1.80. The van der Waals surface area contributed by atoms with Crippen LogP contribution in [0.25, 0.3) is 0 Å². The summed E-state index contributed by atoms with van der Waals surface area (Å²) >= 11 is 0. The molecule has 1 saturated heterocycles. The van der Waals surface area contributed by atoms with Crippen molar-refractivity contribution < 1.29 is 4.74 Å². The maximum absolute atomic E-state index is 5.67. The van der Waals surface area contributed by atoms with Crippen molar-refractivity contribution in [2.45, 2.75) is 25.9 Å². The number of ether oxygens (including phenoxy) is 1. The summed E-state index contributed by atoms with van der Waals surface area (Å²) in [6.07, 6.45) is 2.46. The number of hydrogen-bond acceptors (Lipinski definition) is 4. The summed E-state index contributed by atoms with van der Waals surface area (Å²) in [5.41, 5.74) is 1.13. The largest absolute Gasteiger partial charge is 0.374 e. The Morgan fingerprint density at radius 2 is 2.56 bits per heavy atom. The molecule has 2 aliphatic heterocycles. The third-order valence-electron chi connectivity index (χ3n) is 3.13. The second-order valence-corrected chi connectivity index (χ2v) is 4.58. The normalized spacial score (nSPS) is 29.4. The van der Waals surface area contributed by atoms with Gasteiger partial charge < -0.3 is 15.4 Å². The molecule has 4 nitrogen and oxygen atoms in total. The highest BCUT2D eigenvalue weighted by molar-refractivity contribution is 5.80. The highest BCUT2D eigenvalue weighted by Gasteiger charge is 2.28. The van der Waals surface area contributed by atoms with Crippen molar-refractivity contribution in [1.29, 1.82) is 0 Å². The number of guanidine groups is 1. The van der Waals surface area contributed by atoms with Crippen molar-refractivity contribution in [2.75, 3.05) is 26.2 Å². The first-order chi connectivity index (χ1) is 7.77. The fraction of sp³-hybridized carbons (Fsp3) is 0.750. The van der Waals surface area contributed by atoms with E-state index in [4.69, 9.17) is 4.74 Å². The summed E-state index contributed by atoms with van der Waals surface area (Å²) in [5, 5.41) is 6.63. The number of hydrogen-bond donors (Lipinski definition) is 2. The van der Waals surface area contributed by atoms with Crippen LogP contribution in [0.1, 0.15) is 19.8 Å². The van der Waals surface area contributed by atoms with Crippen molar-refractivity contribution in [1.82, 2.24) is 10.6 Å². The molecule has 2 aliphatic rings. The van der Waals surface area contributed by atoms with Crippen LogP contribution >= 0.6 is 0 Å². The molecule has 0 spiro atoms. The number of rotatable bonds is 3. The van der Waals surface area contributed by atoms with E-state index in [0.717, 1.165) is 50.6 Å². The third-order valence-corrected chi connectivity index (χ3v) is 3.13. The van der Waals surface area contributed by atoms with Gasteiger partial charge in [-0.25, -0.2) is 0 Å². The Labute approximate surface area is 97.2 Å². The Bertz CT molecular complexity index is 288. The van der Waals surface area contributed by atoms with E-state index >= 15 is 0 Å². The van der Waals surface area contributed by atoms with E-state index in [0.29, 0.717) is 5.92 Å². The molecule has 4 heteroatoms. The Morgan fingerprint density at radius 1 is 1.69 bits per heavy atom. The Hall–Kier alpha value is -1.03. The number of aliphatic imine (C=N–C) groups is 1. The first-order valence-corrected chi connectivity index (χ1v) is 6.06. The van der Waals surface area contributed by atoms with Gasteiger partial charge in [-0.1, -0.05) is 12.2 Å². The third kappa shape index (κ3) is 2.76. The smallest absolute Gasteiger partial charge is 0.191 e. The van der Waals surface area contributed by atoms with Crippen LogP contribution in [0.5, 0.6) is 0 Å². The van der Waals surface area contributed by atoms with Crippen LogP contribution in [0.4, 0.5) is 0 Å². The average molecular weight is 223 g/mol. The SMILES string of the molecule is C=C(C)C1OCCC1CNC1=NCCCN1. The molecule has 2 N–H and O–H groups in total. The molecular formula is C12H21N3O. The van der Waals surface area contributed by atoms with Gasteiger partial charge in [-0.05, 0) is 19.8 Å². The van der Waals surface area contributed by atoms with E-state index in [2.05, 4.69) is 22.2 Å². The molecule has 2 heterocycles. The molecule has 2 atom stereocenters. The van der Waals surface area contributed by atoms with Gasteiger partial charge >= 0.3 is 0 Å². The summed E-state index contributed by atoms with van der Waals surface area (Å²) in [7, 11) is 0. The first kappa shape index (κ1) is 11.5. The molecule has 0 aliphatic carbocycles. The van der Waals surface area contributed by atoms with Crippen LogP contribution in [0.2, 0.25) is 0 Å². The van der Waals surface area contributed by atoms with Crippen LogP contribution in [0.15, 0.2) is 17.1 Å². The Morgan fingerprint density at radius 3 is 3.25 bits per heavy atom. The summed E-state index contributed by atoms with van der Waals surface area (Å²) in [4.78, 5) is 4.39. The monoisotopic (exact) mass is 223 g/mol. The minimum absolute atomic E-state index is 0.219. The van der Waals surface area contributed by atoms with E-state index in [-0.39, 0.29) is 6.10 Å². The summed E-state index contributed by atoms with van der Waals surface area (Å²) in [6.45, 7) is 9.75. The molecule has 0 aromatic rings. The van der Waals surface area contributed by atoms with Crippen LogP contribution in [-0.4, -0.2) is 38.3 Å². The van der Waals surface area contributed by atoms with Gasteiger partial charge in [0.05, 0.1) is 6.10 Å². The van der Waals surface area contributed by atoms with Gasteiger partial charge in [0.2, 0.25) is 0 Å². The molecule has 2 rings (SSSR count). The standard InChI is InChI=1S/C12H21N3O/c1-9(2)11-10(4-7-16-11)8-15-12-13-5-3-6-14-12/h10-11H,1,3-8H2,2H3,(H2,13,14,15). The minimum atomic E-state index is 0.219. The molecule has 1 fully saturated rings. The lowest BCUT2D eigenvalue weighted by Gasteiger charge is -2.22. The van der Waals surface area contributed by atoms with Crippen molar-refractivity contribution in [2.24, 2.45) is 10.9 Å².